The fraction of sp³-hybridized carbons (Fsp3) is 0.0556. The molecule has 0 amide bonds. The lowest BCUT2D eigenvalue weighted by atomic mass is 10.1. The van der Waals surface area contributed by atoms with Gasteiger partial charge in [-0.3, -0.25) is 4.79 Å². The maximum absolute atomic E-state index is 12.7. The van der Waals surface area contributed by atoms with E-state index in [1.54, 1.807) is 17.5 Å². The fourth-order valence-electron chi connectivity index (χ4n) is 2.36. The van der Waals surface area contributed by atoms with Gasteiger partial charge in [0.2, 0.25) is 5.78 Å². The Kier molecular flexibility index (Phi) is 5.37. The molecule has 3 aromatic rings. The van der Waals surface area contributed by atoms with E-state index in [1.165, 1.54) is 29.5 Å². The number of hydrogen-bond acceptors (Lipinski definition) is 4. The largest absolute Gasteiger partial charge is 0.416 e. The third kappa shape index (κ3) is 4.21. The first-order valence-electron chi connectivity index (χ1n) is 7.48. The summed E-state index contributed by atoms with van der Waals surface area (Å²) in [4.78, 5) is 12.9. The summed E-state index contributed by atoms with van der Waals surface area (Å²) < 4.78 is 38.1. The van der Waals surface area contributed by atoms with Crippen LogP contribution in [-0.4, -0.2) is 5.78 Å². The third-order valence-electron chi connectivity index (χ3n) is 3.70. The monoisotopic (exact) mass is 430 g/mol. The Morgan fingerprint density at radius 2 is 1.78 bits per heavy atom. The second-order valence-corrected chi connectivity index (χ2v) is 7.28. The topological polar surface area (TPSA) is 55.1 Å². The number of alkyl halides is 3. The molecule has 0 aliphatic carbocycles. The number of anilines is 3. The van der Waals surface area contributed by atoms with Crippen LogP contribution in [0, 0.1) is 0 Å². The van der Waals surface area contributed by atoms with Crippen molar-refractivity contribution in [3.8, 4) is 0 Å². The summed E-state index contributed by atoms with van der Waals surface area (Å²) >= 11 is 13.4. The van der Waals surface area contributed by atoms with Crippen LogP contribution in [0.5, 0.6) is 0 Å². The number of halogens is 5. The smallest absolute Gasteiger partial charge is 0.397 e. The molecule has 1 aromatic heterocycles. The van der Waals surface area contributed by atoms with Crippen LogP contribution in [-0.2, 0) is 6.18 Å². The van der Waals surface area contributed by atoms with Crippen LogP contribution < -0.4 is 11.1 Å². The molecule has 0 fully saturated rings. The van der Waals surface area contributed by atoms with Crippen molar-refractivity contribution in [2.75, 3.05) is 11.1 Å². The molecule has 0 radical (unpaired) electrons. The summed E-state index contributed by atoms with van der Waals surface area (Å²) in [5, 5.41) is 5.12. The summed E-state index contributed by atoms with van der Waals surface area (Å²) in [5.74, 6) is -0.305. The van der Waals surface area contributed by atoms with E-state index < -0.39 is 11.7 Å². The molecule has 0 aliphatic heterocycles. The van der Waals surface area contributed by atoms with E-state index in [9.17, 15) is 18.0 Å². The minimum Gasteiger partial charge on any atom is -0.397 e. The van der Waals surface area contributed by atoms with Gasteiger partial charge < -0.3 is 11.1 Å². The predicted molar refractivity (Wildman–Crippen MR) is 103 cm³/mol. The molecular weight excluding hydrogens is 420 g/mol. The molecule has 0 saturated carbocycles. The van der Waals surface area contributed by atoms with Crippen LogP contribution in [0.15, 0.2) is 47.8 Å². The Labute approximate surface area is 166 Å². The number of nitrogens with one attached hydrogen (secondary N) is 1. The lowest BCUT2D eigenvalue weighted by Crippen LogP contribution is -2.07. The van der Waals surface area contributed by atoms with Gasteiger partial charge in [0.25, 0.3) is 0 Å². The summed E-state index contributed by atoms with van der Waals surface area (Å²) in [6.45, 7) is 0. The Hall–Kier alpha value is -2.22. The van der Waals surface area contributed by atoms with Crippen molar-refractivity contribution in [2.24, 2.45) is 0 Å². The van der Waals surface area contributed by atoms with Crippen LogP contribution in [0.2, 0.25) is 10.0 Å². The number of rotatable bonds is 4. The highest BCUT2D eigenvalue weighted by atomic mass is 35.5. The van der Waals surface area contributed by atoms with Crippen molar-refractivity contribution in [2.45, 2.75) is 6.18 Å². The number of nitrogen functional groups attached to an aromatic ring is 1. The van der Waals surface area contributed by atoms with Crippen LogP contribution in [0.4, 0.5) is 30.2 Å². The summed E-state index contributed by atoms with van der Waals surface area (Å²) in [6.07, 6.45) is -4.47. The molecule has 2 aromatic carbocycles. The van der Waals surface area contributed by atoms with E-state index in [0.29, 0.717) is 21.3 Å². The zero-order valence-corrected chi connectivity index (χ0v) is 15.7. The molecule has 3 N–H and O–H groups in total. The molecule has 27 heavy (non-hydrogen) atoms. The Morgan fingerprint density at radius 3 is 2.33 bits per heavy atom. The summed E-state index contributed by atoms with van der Waals surface area (Å²) in [7, 11) is 0. The summed E-state index contributed by atoms with van der Waals surface area (Å²) in [6, 6.07) is 9.22. The van der Waals surface area contributed by atoms with Gasteiger partial charge >= 0.3 is 6.18 Å². The number of benzene rings is 2. The average Bonchev–Trinajstić information content (AvgIpc) is 3.01. The first kappa shape index (κ1) is 19.5. The van der Waals surface area contributed by atoms with Crippen LogP contribution in [0.25, 0.3) is 0 Å². The fourth-order valence-corrected chi connectivity index (χ4v) is 3.72. The number of thiophene rings is 1. The van der Waals surface area contributed by atoms with Crippen molar-refractivity contribution >= 4 is 57.4 Å². The molecule has 3 rings (SSSR count). The quantitative estimate of drug-likeness (QED) is 0.360. The molecule has 9 heteroatoms. The van der Waals surface area contributed by atoms with E-state index >= 15 is 0 Å². The molecule has 3 nitrogen and oxygen atoms in total. The van der Waals surface area contributed by atoms with Gasteiger partial charge in [-0.15, -0.1) is 11.3 Å². The van der Waals surface area contributed by atoms with Gasteiger partial charge in [0, 0.05) is 11.3 Å². The van der Waals surface area contributed by atoms with E-state index in [4.69, 9.17) is 28.9 Å². The van der Waals surface area contributed by atoms with E-state index in [0.717, 1.165) is 12.1 Å². The van der Waals surface area contributed by atoms with Crippen molar-refractivity contribution in [3.05, 3.63) is 73.9 Å². The van der Waals surface area contributed by atoms with Crippen molar-refractivity contribution in [1.29, 1.82) is 0 Å². The standard InChI is InChI=1S/C18H11Cl2F3N2OS/c19-12-5-6-27-17(12)16(26)11-3-2-10(8-13(11)20)25-15-4-1-9(7-14(15)24)18(21,22)23/h1-8,25H,24H2. The molecule has 0 unspecified atom stereocenters. The minimum atomic E-state index is -4.47. The van der Waals surface area contributed by atoms with Gasteiger partial charge in [-0.05, 0) is 47.8 Å². The number of hydrogen-bond donors (Lipinski definition) is 2. The highest BCUT2D eigenvalue weighted by molar-refractivity contribution is 7.13. The van der Waals surface area contributed by atoms with Gasteiger partial charge in [-0.25, -0.2) is 0 Å². The molecule has 1 heterocycles. The Balaban J connectivity index is 1.85. The third-order valence-corrected chi connectivity index (χ3v) is 5.35. The van der Waals surface area contributed by atoms with Gasteiger partial charge in [-0.1, -0.05) is 23.2 Å². The van der Waals surface area contributed by atoms with E-state index in [1.807, 2.05) is 0 Å². The van der Waals surface area contributed by atoms with Gasteiger partial charge in [0.15, 0.2) is 0 Å². The molecule has 0 bridgehead atoms. The van der Waals surface area contributed by atoms with Gasteiger partial charge in [0.1, 0.15) is 0 Å². The predicted octanol–water partition coefficient (Wildman–Crippen LogP) is 6.63. The molecular formula is C18H11Cl2F3N2OS. The minimum absolute atomic E-state index is 0.0635. The second kappa shape index (κ2) is 7.42. The number of ketones is 1. The highest BCUT2D eigenvalue weighted by Gasteiger charge is 2.30. The highest BCUT2D eigenvalue weighted by Crippen LogP contribution is 2.35. The Bertz CT molecular complexity index is 1020. The first-order valence-corrected chi connectivity index (χ1v) is 9.11. The van der Waals surface area contributed by atoms with E-state index in [2.05, 4.69) is 5.32 Å². The molecule has 0 spiro atoms. The Morgan fingerprint density at radius 1 is 1.04 bits per heavy atom. The first-order chi connectivity index (χ1) is 12.7. The van der Waals surface area contributed by atoms with Crippen LogP contribution in [0.1, 0.15) is 20.8 Å². The van der Waals surface area contributed by atoms with Gasteiger partial charge in [0.05, 0.1) is 31.9 Å². The van der Waals surface area contributed by atoms with Crippen LogP contribution in [0.3, 0.4) is 0 Å². The number of carbonyl (C=O) groups excluding carboxylic acids is 1. The lowest BCUT2D eigenvalue weighted by molar-refractivity contribution is -0.137. The zero-order valence-electron chi connectivity index (χ0n) is 13.4. The van der Waals surface area contributed by atoms with Crippen molar-refractivity contribution in [3.63, 3.8) is 0 Å². The van der Waals surface area contributed by atoms with Gasteiger partial charge in [-0.2, -0.15) is 13.2 Å². The number of nitrogens with two attached hydrogens (primary N) is 1. The van der Waals surface area contributed by atoms with E-state index in [-0.39, 0.29) is 22.1 Å². The van der Waals surface area contributed by atoms with Crippen LogP contribution >= 0.6 is 34.5 Å². The average molecular weight is 431 g/mol. The summed E-state index contributed by atoms with van der Waals surface area (Å²) in [5.41, 5.74) is 5.83. The molecule has 0 saturated heterocycles. The van der Waals surface area contributed by atoms with Crippen molar-refractivity contribution < 1.29 is 18.0 Å². The second-order valence-electron chi connectivity index (χ2n) is 5.55. The zero-order chi connectivity index (χ0) is 19.8. The molecule has 0 atom stereocenters. The lowest BCUT2D eigenvalue weighted by Gasteiger charge is -2.13. The maximum atomic E-state index is 12.7. The molecule has 0 aliphatic rings. The molecule has 140 valence electrons. The maximum Gasteiger partial charge on any atom is 0.416 e. The number of carbonyl (C=O) groups is 1. The van der Waals surface area contributed by atoms with Crippen molar-refractivity contribution in [1.82, 2.24) is 0 Å². The normalized spacial score (nSPS) is 11.4. The SMILES string of the molecule is Nc1cc(C(F)(F)F)ccc1Nc1ccc(C(=O)c2sccc2Cl)c(Cl)c1.